The topological polar surface area (TPSA) is 21.7 Å². The summed E-state index contributed by atoms with van der Waals surface area (Å²) in [4.78, 5) is 4.16. The lowest BCUT2D eigenvalue weighted by molar-refractivity contribution is -0.687. The second kappa shape index (κ2) is 5.52. The first-order valence-electron chi connectivity index (χ1n) is 7.17. The number of benzene rings is 1. The summed E-state index contributed by atoms with van der Waals surface area (Å²) in [5, 5.41) is 0. The average molecular weight is 278 g/mol. The Morgan fingerprint density at radius 3 is 2.57 bits per heavy atom. The van der Waals surface area contributed by atoms with Crippen LogP contribution in [-0.2, 0) is 6.54 Å². The molecule has 3 nitrogen and oxygen atoms in total. The summed E-state index contributed by atoms with van der Waals surface area (Å²) in [6.07, 6.45) is 10.1. The van der Waals surface area contributed by atoms with Gasteiger partial charge in [0.05, 0.1) is 0 Å². The summed E-state index contributed by atoms with van der Waals surface area (Å²) in [5.41, 5.74) is 6.39. The van der Waals surface area contributed by atoms with Gasteiger partial charge in [0.1, 0.15) is 24.6 Å². The number of pyridine rings is 1. The summed E-state index contributed by atoms with van der Waals surface area (Å²) in [5.74, 6) is 0. The van der Waals surface area contributed by atoms with Crippen LogP contribution in [0.25, 0.3) is 5.69 Å². The van der Waals surface area contributed by atoms with Gasteiger partial charge in [-0.05, 0) is 38.0 Å². The Bertz CT molecular complexity index is 734. The highest BCUT2D eigenvalue weighted by Crippen LogP contribution is 2.20. The molecule has 0 aliphatic heterocycles. The van der Waals surface area contributed by atoms with E-state index >= 15 is 0 Å². The normalized spacial score (nSPS) is 10.8. The SMILES string of the molecule is Cc1cc(C)c(-n2cc[n+](Cc3cccnc3)c2)c(C)c1. The van der Waals surface area contributed by atoms with Crippen LogP contribution < -0.4 is 4.57 Å². The molecule has 0 N–H and O–H groups in total. The largest absolute Gasteiger partial charge is 0.264 e. The molecule has 0 saturated carbocycles. The van der Waals surface area contributed by atoms with Crippen LogP contribution >= 0.6 is 0 Å². The standard InChI is InChI=1S/C18H20N3/c1-14-9-15(2)18(16(3)10-14)21-8-7-20(13-21)12-17-5-4-6-19-11-17/h4-11,13H,12H2,1-3H3/q+1. The van der Waals surface area contributed by atoms with E-state index in [0.29, 0.717) is 0 Å². The van der Waals surface area contributed by atoms with Gasteiger partial charge in [-0.25, -0.2) is 9.13 Å². The highest BCUT2D eigenvalue weighted by atomic mass is 15.1. The van der Waals surface area contributed by atoms with Gasteiger partial charge in [0.2, 0.25) is 6.33 Å². The molecule has 0 spiro atoms. The lowest BCUT2D eigenvalue weighted by Gasteiger charge is -2.07. The van der Waals surface area contributed by atoms with E-state index in [9.17, 15) is 0 Å². The number of imidazole rings is 1. The van der Waals surface area contributed by atoms with Crippen LogP contribution in [0.3, 0.4) is 0 Å². The van der Waals surface area contributed by atoms with Crippen molar-refractivity contribution >= 4 is 0 Å². The van der Waals surface area contributed by atoms with Crippen molar-refractivity contribution < 1.29 is 4.57 Å². The molecule has 0 unspecified atom stereocenters. The molecule has 0 radical (unpaired) electrons. The zero-order valence-electron chi connectivity index (χ0n) is 12.7. The first-order valence-corrected chi connectivity index (χ1v) is 7.17. The molecule has 3 aromatic rings. The fourth-order valence-corrected chi connectivity index (χ4v) is 2.90. The average Bonchev–Trinajstić information content (AvgIpc) is 2.87. The Morgan fingerprint density at radius 2 is 1.90 bits per heavy atom. The van der Waals surface area contributed by atoms with E-state index in [4.69, 9.17) is 0 Å². The molecule has 0 saturated heterocycles. The number of nitrogens with zero attached hydrogens (tertiary/aromatic N) is 3. The van der Waals surface area contributed by atoms with Crippen molar-refractivity contribution in [2.45, 2.75) is 27.3 Å². The van der Waals surface area contributed by atoms with Crippen molar-refractivity contribution in [2.24, 2.45) is 0 Å². The highest BCUT2D eigenvalue weighted by Gasteiger charge is 2.13. The van der Waals surface area contributed by atoms with Crippen molar-refractivity contribution in [3.05, 3.63) is 77.6 Å². The van der Waals surface area contributed by atoms with Gasteiger partial charge in [-0.15, -0.1) is 0 Å². The van der Waals surface area contributed by atoms with Gasteiger partial charge >= 0.3 is 0 Å². The molecule has 0 aliphatic carbocycles. The summed E-state index contributed by atoms with van der Waals surface area (Å²) >= 11 is 0. The third-order valence-electron chi connectivity index (χ3n) is 3.67. The van der Waals surface area contributed by atoms with E-state index in [1.165, 1.54) is 27.9 Å². The van der Waals surface area contributed by atoms with Crippen LogP contribution in [0.5, 0.6) is 0 Å². The monoisotopic (exact) mass is 278 g/mol. The van der Waals surface area contributed by atoms with E-state index in [1.807, 2.05) is 12.3 Å². The maximum atomic E-state index is 4.16. The van der Waals surface area contributed by atoms with Crippen LogP contribution in [0.4, 0.5) is 0 Å². The Hall–Kier alpha value is -2.42. The number of hydrogen-bond donors (Lipinski definition) is 0. The molecule has 2 heterocycles. The zero-order valence-corrected chi connectivity index (χ0v) is 12.7. The fourth-order valence-electron chi connectivity index (χ4n) is 2.90. The predicted molar refractivity (Wildman–Crippen MR) is 83.5 cm³/mol. The van der Waals surface area contributed by atoms with Gasteiger partial charge < -0.3 is 0 Å². The van der Waals surface area contributed by atoms with Gasteiger partial charge in [0.15, 0.2) is 0 Å². The van der Waals surface area contributed by atoms with Crippen molar-refractivity contribution in [3.63, 3.8) is 0 Å². The van der Waals surface area contributed by atoms with Crippen LogP contribution in [-0.4, -0.2) is 9.55 Å². The predicted octanol–water partition coefficient (Wildman–Crippen LogP) is 3.13. The molecule has 0 amide bonds. The number of hydrogen-bond acceptors (Lipinski definition) is 1. The molecule has 21 heavy (non-hydrogen) atoms. The van der Waals surface area contributed by atoms with Crippen LogP contribution in [0, 0.1) is 20.8 Å². The molecular weight excluding hydrogens is 258 g/mol. The maximum absolute atomic E-state index is 4.16. The molecule has 0 fully saturated rings. The minimum absolute atomic E-state index is 0.838. The summed E-state index contributed by atoms with van der Waals surface area (Å²) in [6.45, 7) is 7.31. The molecular formula is C18H20N3+. The van der Waals surface area contributed by atoms with E-state index < -0.39 is 0 Å². The smallest absolute Gasteiger partial charge is 0.249 e. The quantitative estimate of drug-likeness (QED) is 0.675. The third kappa shape index (κ3) is 2.87. The van der Waals surface area contributed by atoms with Crippen molar-refractivity contribution in [3.8, 4) is 5.69 Å². The zero-order chi connectivity index (χ0) is 14.8. The molecule has 0 aliphatic rings. The number of aryl methyl sites for hydroxylation is 3. The Labute approximate surface area is 125 Å². The van der Waals surface area contributed by atoms with E-state index in [-0.39, 0.29) is 0 Å². The van der Waals surface area contributed by atoms with Crippen LogP contribution in [0.2, 0.25) is 0 Å². The first kappa shape index (κ1) is 13.6. The Morgan fingerprint density at radius 1 is 1.14 bits per heavy atom. The van der Waals surface area contributed by atoms with Gasteiger partial charge in [0, 0.05) is 18.0 Å². The van der Waals surface area contributed by atoms with Crippen molar-refractivity contribution in [2.75, 3.05) is 0 Å². The second-order valence-electron chi connectivity index (χ2n) is 5.60. The van der Waals surface area contributed by atoms with Crippen molar-refractivity contribution in [1.82, 2.24) is 9.55 Å². The van der Waals surface area contributed by atoms with Crippen molar-refractivity contribution in [1.29, 1.82) is 0 Å². The number of rotatable bonds is 3. The third-order valence-corrected chi connectivity index (χ3v) is 3.67. The van der Waals surface area contributed by atoms with Crippen LogP contribution in [0.1, 0.15) is 22.3 Å². The van der Waals surface area contributed by atoms with Gasteiger partial charge in [-0.2, -0.15) is 0 Å². The minimum atomic E-state index is 0.838. The Kier molecular flexibility index (Phi) is 3.57. The van der Waals surface area contributed by atoms with Gasteiger partial charge in [-0.3, -0.25) is 4.98 Å². The first-order chi connectivity index (χ1) is 10.1. The molecule has 0 atom stereocenters. The molecule has 0 bridgehead atoms. The molecule has 1 aromatic carbocycles. The minimum Gasteiger partial charge on any atom is -0.264 e. The van der Waals surface area contributed by atoms with E-state index in [0.717, 1.165) is 6.54 Å². The molecule has 3 rings (SSSR count). The second-order valence-corrected chi connectivity index (χ2v) is 5.60. The van der Waals surface area contributed by atoms with Gasteiger partial charge in [0.25, 0.3) is 0 Å². The molecule has 2 aromatic heterocycles. The lowest BCUT2D eigenvalue weighted by atomic mass is 10.1. The molecule has 3 heteroatoms. The summed E-state index contributed by atoms with van der Waals surface area (Å²) in [6, 6.07) is 8.53. The summed E-state index contributed by atoms with van der Waals surface area (Å²) in [7, 11) is 0. The van der Waals surface area contributed by atoms with E-state index in [1.54, 1.807) is 6.20 Å². The lowest BCUT2D eigenvalue weighted by Crippen LogP contribution is -2.31. The fraction of sp³-hybridized carbons (Fsp3) is 0.222. The van der Waals surface area contributed by atoms with Gasteiger partial charge in [-0.1, -0.05) is 23.8 Å². The number of aromatic nitrogens is 3. The maximum Gasteiger partial charge on any atom is 0.249 e. The summed E-state index contributed by atoms with van der Waals surface area (Å²) < 4.78 is 4.37. The van der Waals surface area contributed by atoms with E-state index in [2.05, 4.69) is 71.8 Å². The highest BCUT2D eigenvalue weighted by molar-refractivity contribution is 5.48. The molecule has 106 valence electrons. The Balaban J connectivity index is 1.92. The van der Waals surface area contributed by atoms with Crippen LogP contribution in [0.15, 0.2) is 55.4 Å².